The van der Waals surface area contributed by atoms with Gasteiger partial charge in [0.05, 0.1) is 6.61 Å². The monoisotopic (exact) mass is 285 g/mol. The summed E-state index contributed by atoms with van der Waals surface area (Å²) in [5.74, 6) is 5.81. The molecule has 0 aliphatic rings. The van der Waals surface area contributed by atoms with Gasteiger partial charge in [-0.05, 0) is 24.6 Å². The van der Waals surface area contributed by atoms with Crippen LogP contribution in [0.4, 0.5) is 6.01 Å². The van der Waals surface area contributed by atoms with Gasteiger partial charge in [-0.2, -0.15) is 0 Å². The van der Waals surface area contributed by atoms with Crippen LogP contribution in [0.3, 0.4) is 0 Å². The molecule has 0 saturated carbocycles. The first-order chi connectivity index (χ1) is 10.1. The van der Waals surface area contributed by atoms with Crippen LogP contribution in [0.15, 0.2) is 22.6 Å². The number of hydrogen-bond acceptors (Lipinski definition) is 5. The molecule has 0 saturated heterocycles. The molecular formula is C15H15N3O3. The number of nitrogens with zero attached hydrogens (tertiary/aromatic N) is 2. The summed E-state index contributed by atoms with van der Waals surface area (Å²) < 4.78 is 5.10. The predicted molar refractivity (Wildman–Crippen MR) is 76.7 cm³/mol. The normalized spacial score (nSPS) is 9.86. The molecule has 2 N–H and O–H groups in total. The molecule has 6 nitrogen and oxygen atoms in total. The van der Waals surface area contributed by atoms with E-state index in [9.17, 15) is 4.79 Å². The Balaban J connectivity index is 2.18. The number of aryl methyl sites for hydroxylation is 2. The lowest BCUT2D eigenvalue weighted by Crippen LogP contribution is -2.12. The molecule has 0 unspecified atom stereocenters. The van der Waals surface area contributed by atoms with Crippen LogP contribution in [-0.2, 0) is 0 Å². The maximum absolute atomic E-state index is 12.1. The van der Waals surface area contributed by atoms with Crippen molar-refractivity contribution >= 4 is 11.9 Å². The summed E-state index contributed by atoms with van der Waals surface area (Å²) in [6.45, 7) is 3.57. The molecule has 0 aliphatic carbocycles. The Kier molecular flexibility index (Phi) is 4.69. The van der Waals surface area contributed by atoms with E-state index < -0.39 is 0 Å². The van der Waals surface area contributed by atoms with E-state index >= 15 is 0 Å². The van der Waals surface area contributed by atoms with Gasteiger partial charge in [0.25, 0.3) is 5.91 Å². The highest BCUT2D eigenvalue weighted by Gasteiger charge is 2.11. The summed E-state index contributed by atoms with van der Waals surface area (Å²) in [4.78, 5) is 12.1. The minimum atomic E-state index is -0.344. The van der Waals surface area contributed by atoms with Crippen LogP contribution in [0.1, 0.15) is 33.8 Å². The fraction of sp³-hybridized carbons (Fsp3) is 0.267. The van der Waals surface area contributed by atoms with E-state index in [1.165, 1.54) is 0 Å². The summed E-state index contributed by atoms with van der Waals surface area (Å²) in [5, 5.41) is 18.6. The summed E-state index contributed by atoms with van der Waals surface area (Å²) in [7, 11) is 0. The van der Waals surface area contributed by atoms with Crippen molar-refractivity contribution < 1.29 is 14.3 Å². The number of anilines is 1. The standard InChI is InChI=1S/C15H15N3O3/c1-10-6-7-13(9-12(10)5-3-4-8-19)14(20)16-15-18-17-11(2)21-15/h6-7,9,19H,4,8H2,1-2H3,(H,16,18,20). The molecule has 0 radical (unpaired) electrons. The van der Waals surface area contributed by atoms with Crippen molar-refractivity contribution in [2.75, 3.05) is 11.9 Å². The molecule has 1 amide bonds. The van der Waals surface area contributed by atoms with Crippen molar-refractivity contribution in [2.45, 2.75) is 20.3 Å². The number of aliphatic hydroxyl groups is 1. The first-order valence-electron chi connectivity index (χ1n) is 6.42. The van der Waals surface area contributed by atoms with Crippen molar-refractivity contribution in [3.8, 4) is 11.8 Å². The van der Waals surface area contributed by atoms with Crippen LogP contribution in [0.25, 0.3) is 0 Å². The third-order valence-corrected chi connectivity index (χ3v) is 2.71. The van der Waals surface area contributed by atoms with Gasteiger partial charge in [-0.15, -0.1) is 5.10 Å². The van der Waals surface area contributed by atoms with Gasteiger partial charge < -0.3 is 9.52 Å². The van der Waals surface area contributed by atoms with Crippen LogP contribution < -0.4 is 5.32 Å². The van der Waals surface area contributed by atoms with E-state index in [2.05, 4.69) is 27.4 Å². The summed E-state index contributed by atoms with van der Waals surface area (Å²) in [6.07, 6.45) is 0.400. The van der Waals surface area contributed by atoms with Crippen molar-refractivity contribution in [1.29, 1.82) is 0 Å². The molecule has 21 heavy (non-hydrogen) atoms. The average Bonchev–Trinajstić information content (AvgIpc) is 2.86. The summed E-state index contributed by atoms with van der Waals surface area (Å²) >= 11 is 0. The Hall–Kier alpha value is -2.65. The summed E-state index contributed by atoms with van der Waals surface area (Å²) in [5.41, 5.74) is 2.16. The average molecular weight is 285 g/mol. The van der Waals surface area contributed by atoms with Crippen LogP contribution in [0.2, 0.25) is 0 Å². The molecule has 108 valence electrons. The summed E-state index contributed by atoms with van der Waals surface area (Å²) in [6, 6.07) is 5.27. The van der Waals surface area contributed by atoms with Crippen LogP contribution in [0, 0.1) is 25.7 Å². The zero-order chi connectivity index (χ0) is 15.2. The lowest BCUT2D eigenvalue weighted by Gasteiger charge is -2.03. The van der Waals surface area contributed by atoms with Gasteiger partial charge in [-0.25, -0.2) is 0 Å². The fourth-order valence-electron chi connectivity index (χ4n) is 1.63. The number of benzene rings is 1. The molecular weight excluding hydrogens is 270 g/mol. The maximum atomic E-state index is 12.1. The Morgan fingerprint density at radius 1 is 1.38 bits per heavy atom. The zero-order valence-electron chi connectivity index (χ0n) is 11.8. The van der Waals surface area contributed by atoms with Crippen LogP contribution >= 0.6 is 0 Å². The minimum absolute atomic E-state index is 0.0166. The predicted octanol–water partition coefficient (Wildman–Crippen LogP) is 1.67. The highest BCUT2D eigenvalue weighted by Crippen LogP contribution is 2.12. The molecule has 0 aliphatic heterocycles. The van der Waals surface area contributed by atoms with E-state index in [0.29, 0.717) is 17.9 Å². The van der Waals surface area contributed by atoms with Crippen LogP contribution in [0.5, 0.6) is 0 Å². The second-order valence-corrected chi connectivity index (χ2v) is 4.39. The van der Waals surface area contributed by atoms with Gasteiger partial charge in [0.15, 0.2) is 0 Å². The smallest absolute Gasteiger partial charge is 0.322 e. The number of carbonyl (C=O) groups excluding carboxylic acids is 1. The number of aromatic nitrogens is 2. The zero-order valence-corrected chi connectivity index (χ0v) is 11.8. The quantitative estimate of drug-likeness (QED) is 0.837. The molecule has 1 aromatic heterocycles. The highest BCUT2D eigenvalue weighted by molar-refractivity contribution is 6.03. The lowest BCUT2D eigenvalue weighted by molar-refractivity contribution is 0.102. The first kappa shape index (κ1) is 14.8. The maximum Gasteiger partial charge on any atom is 0.322 e. The van der Waals surface area contributed by atoms with Crippen LogP contribution in [-0.4, -0.2) is 27.8 Å². The minimum Gasteiger partial charge on any atom is -0.408 e. The molecule has 0 fully saturated rings. The molecule has 0 spiro atoms. The van der Waals surface area contributed by atoms with Gasteiger partial charge in [0, 0.05) is 24.5 Å². The van der Waals surface area contributed by atoms with Crippen molar-refractivity contribution in [2.24, 2.45) is 0 Å². The Morgan fingerprint density at radius 3 is 2.86 bits per heavy atom. The van der Waals surface area contributed by atoms with E-state index in [0.717, 1.165) is 11.1 Å². The number of rotatable bonds is 3. The second kappa shape index (κ2) is 6.68. The topological polar surface area (TPSA) is 88.2 Å². The van der Waals surface area contributed by atoms with Crippen molar-refractivity contribution in [3.63, 3.8) is 0 Å². The Morgan fingerprint density at radius 2 is 2.19 bits per heavy atom. The van der Waals surface area contributed by atoms with Crippen molar-refractivity contribution in [1.82, 2.24) is 10.2 Å². The Labute approximate surface area is 122 Å². The molecule has 1 heterocycles. The largest absolute Gasteiger partial charge is 0.408 e. The molecule has 1 aromatic carbocycles. The van der Waals surface area contributed by atoms with E-state index in [1.807, 2.05) is 13.0 Å². The molecule has 2 aromatic rings. The fourth-order valence-corrected chi connectivity index (χ4v) is 1.63. The SMILES string of the molecule is Cc1nnc(NC(=O)c2ccc(C)c(C#CCCO)c2)o1. The molecule has 0 atom stereocenters. The number of aliphatic hydroxyl groups excluding tert-OH is 1. The number of hydrogen-bond donors (Lipinski definition) is 2. The first-order valence-corrected chi connectivity index (χ1v) is 6.42. The molecule has 6 heteroatoms. The number of carbonyl (C=O) groups is 1. The van der Waals surface area contributed by atoms with E-state index in [-0.39, 0.29) is 18.5 Å². The van der Waals surface area contributed by atoms with Gasteiger partial charge in [-0.1, -0.05) is 23.0 Å². The highest BCUT2D eigenvalue weighted by atomic mass is 16.4. The molecule has 2 rings (SSSR count). The van der Waals surface area contributed by atoms with E-state index in [4.69, 9.17) is 9.52 Å². The molecule has 0 bridgehead atoms. The third kappa shape index (κ3) is 3.91. The lowest BCUT2D eigenvalue weighted by atomic mass is 10.0. The van der Waals surface area contributed by atoms with E-state index in [1.54, 1.807) is 19.1 Å². The number of nitrogens with one attached hydrogen (secondary N) is 1. The van der Waals surface area contributed by atoms with Crippen molar-refractivity contribution in [3.05, 3.63) is 40.8 Å². The van der Waals surface area contributed by atoms with Gasteiger partial charge in [0.1, 0.15) is 0 Å². The van der Waals surface area contributed by atoms with Gasteiger partial charge >= 0.3 is 6.01 Å². The van der Waals surface area contributed by atoms with Gasteiger partial charge in [0.2, 0.25) is 5.89 Å². The Bertz CT molecular complexity index is 710. The van der Waals surface area contributed by atoms with Gasteiger partial charge in [-0.3, -0.25) is 10.1 Å². The third-order valence-electron chi connectivity index (χ3n) is 2.71. The number of amides is 1. The second-order valence-electron chi connectivity index (χ2n) is 4.39.